The number of benzene rings is 1. The van der Waals surface area contributed by atoms with Crippen LogP contribution in [0, 0.1) is 0 Å². The van der Waals surface area contributed by atoms with Crippen LogP contribution in [0.4, 0.5) is 11.5 Å². The fraction of sp³-hybridized carbons (Fsp3) is 0.167. The molecule has 0 bridgehead atoms. The zero-order valence-corrected chi connectivity index (χ0v) is 10.5. The van der Waals surface area contributed by atoms with Gasteiger partial charge in [0.2, 0.25) is 0 Å². The Balaban J connectivity index is 2.61. The Morgan fingerprint density at radius 3 is 2.89 bits per heavy atom. The molecule has 0 spiro atoms. The van der Waals surface area contributed by atoms with Gasteiger partial charge in [0.05, 0.1) is 0 Å². The normalized spacial score (nSPS) is 10.6. The molecule has 0 radical (unpaired) electrons. The van der Waals surface area contributed by atoms with Crippen LogP contribution in [0.15, 0.2) is 24.4 Å². The number of fused-ring (bicyclic) bond motifs is 1. The van der Waals surface area contributed by atoms with Crippen LogP contribution in [0.5, 0.6) is 0 Å². The lowest BCUT2D eigenvalue weighted by Crippen LogP contribution is -2.26. The summed E-state index contributed by atoms with van der Waals surface area (Å²) in [6.07, 6.45) is 1.60. The van der Waals surface area contributed by atoms with Crippen LogP contribution in [-0.4, -0.2) is 29.7 Å². The van der Waals surface area contributed by atoms with E-state index in [0.717, 1.165) is 10.8 Å². The van der Waals surface area contributed by atoms with Crippen molar-refractivity contribution in [1.29, 1.82) is 0 Å². The molecule has 1 aromatic heterocycles. The van der Waals surface area contributed by atoms with Crippen molar-refractivity contribution in [3.05, 3.63) is 29.4 Å². The smallest absolute Gasteiger partial charge is 0.323 e. The van der Waals surface area contributed by atoms with E-state index in [4.69, 9.17) is 22.4 Å². The first kappa shape index (κ1) is 12.4. The van der Waals surface area contributed by atoms with Gasteiger partial charge in [0.1, 0.15) is 12.4 Å². The SMILES string of the molecule is CN(CC(=O)O)c1nccc2c(N)cc(Cl)cc12. The highest BCUT2D eigenvalue weighted by Gasteiger charge is 2.12. The second-order valence-electron chi connectivity index (χ2n) is 3.97. The molecule has 0 aliphatic heterocycles. The van der Waals surface area contributed by atoms with Crippen LogP contribution in [0.3, 0.4) is 0 Å². The molecule has 0 saturated carbocycles. The minimum Gasteiger partial charge on any atom is -0.480 e. The molecule has 0 atom stereocenters. The lowest BCUT2D eigenvalue weighted by atomic mass is 10.1. The van der Waals surface area contributed by atoms with E-state index in [1.807, 2.05) is 0 Å². The van der Waals surface area contributed by atoms with Crippen LogP contribution in [0.1, 0.15) is 0 Å². The monoisotopic (exact) mass is 265 g/mol. The minimum absolute atomic E-state index is 0.140. The minimum atomic E-state index is -0.925. The zero-order chi connectivity index (χ0) is 13.3. The summed E-state index contributed by atoms with van der Waals surface area (Å²) < 4.78 is 0. The molecule has 2 rings (SSSR count). The van der Waals surface area contributed by atoms with E-state index in [1.165, 1.54) is 0 Å². The van der Waals surface area contributed by atoms with E-state index < -0.39 is 5.97 Å². The highest BCUT2D eigenvalue weighted by molar-refractivity contribution is 6.32. The highest BCUT2D eigenvalue weighted by Crippen LogP contribution is 2.31. The van der Waals surface area contributed by atoms with Crippen LogP contribution in [0.25, 0.3) is 10.8 Å². The molecule has 94 valence electrons. The van der Waals surface area contributed by atoms with Gasteiger partial charge in [-0.05, 0) is 18.2 Å². The molecule has 0 fully saturated rings. The highest BCUT2D eigenvalue weighted by atomic mass is 35.5. The lowest BCUT2D eigenvalue weighted by Gasteiger charge is -2.18. The third-order valence-corrected chi connectivity index (χ3v) is 2.81. The third kappa shape index (κ3) is 2.31. The van der Waals surface area contributed by atoms with Crippen molar-refractivity contribution >= 4 is 39.8 Å². The van der Waals surface area contributed by atoms with E-state index in [2.05, 4.69) is 4.98 Å². The van der Waals surface area contributed by atoms with Gasteiger partial charge in [-0.1, -0.05) is 11.6 Å². The van der Waals surface area contributed by atoms with Crippen molar-refractivity contribution in [2.24, 2.45) is 0 Å². The second-order valence-corrected chi connectivity index (χ2v) is 4.41. The fourth-order valence-corrected chi connectivity index (χ4v) is 2.07. The Bertz CT molecular complexity index is 616. The average Bonchev–Trinajstić information content (AvgIpc) is 2.27. The Labute approximate surface area is 109 Å². The van der Waals surface area contributed by atoms with Crippen LogP contribution >= 0.6 is 11.6 Å². The first-order valence-electron chi connectivity index (χ1n) is 5.25. The predicted octanol–water partition coefficient (Wildman–Crippen LogP) is 1.99. The van der Waals surface area contributed by atoms with E-state index in [1.54, 1.807) is 36.3 Å². The fourth-order valence-electron chi connectivity index (χ4n) is 1.84. The summed E-state index contributed by atoms with van der Waals surface area (Å²) in [5, 5.41) is 10.9. The van der Waals surface area contributed by atoms with E-state index in [9.17, 15) is 4.79 Å². The van der Waals surface area contributed by atoms with Gasteiger partial charge < -0.3 is 15.7 Å². The van der Waals surface area contributed by atoms with Gasteiger partial charge in [-0.2, -0.15) is 0 Å². The predicted molar refractivity (Wildman–Crippen MR) is 72.1 cm³/mol. The second kappa shape index (κ2) is 4.70. The Morgan fingerprint density at radius 1 is 1.50 bits per heavy atom. The maximum absolute atomic E-state index is 10.7. The van der Waals surface area contributed by atoms with Crippen molar-refractivity contribution in [1.82, 2.24) is 4.98 Å². The summed E-state index contributed by atoms with van der Waals surface area (Å²) >= 11 is 5.96. The number of nitrogens with two attached hydrogens (primary N) is 1. The molecule has 0 aliphatic carbocycles. The molecule has 0 saturated heterocycles. The van der Waals surface area contributed by atoms with E-state index in [-0.39, 0.29) is 6.54 Å². The number of hydrogen-bond acceptors (Lipinski definition) is 4. The summed E-state index contributed by atoms with van der Waals surface area (Å²) in [5.74, 6) is -0.379. The molecule has 1 aromatic carbocycles. The number of aliphatic carboxylic acids is 1. The van der Waals surface area contributed by atoms with Gasteiger partial charge in [-0.25, -0.2) is 4.98 Å². The number of nitrogen functional groups attached to an aromatic ring is 1. The molecule has 1 heterocycles. The van der Waals surface area contributed by atoms with Crippen molar-refractivity contribution in [2.45, 2.75) is 0 Å². The van der Waals surface area contributed by atoms with Gasteiger partial charge >= 0.3 is 5.97 Å². The third-order valence-electron chi connectivity index (χ3n) is 2.59. The number of pyridine rings is 1. The average molecular weight is 266 g/mol. The van der Waals surface area contributed by atoms with Crippen molar-refractivity contribution in [3.8, 4) is 0 Å². The van der Waals surface area contributed by atoms with Crippen molar-refractivity contribution < 1.29 is 9.90 Å². The van der Waals surface area contributed by atoms with Gasteiger partial charge in [-0.3, -0.25) is 4.79 Å². The summed E-state index contributed by atoms with van der Waals surface area (Å²) in [5.41, 5.74) is 6.43. The molecule has 18 heavy (non-hydrogen) atoms. The first-order valence-corrected chi connectivity index (χ1v) is 5.63. The van der Waals surface area contributed by atoms with Crippen LogP contribution in [-0.2, 0) is 4.79 Å². The molecule has 6 heteroatoms. The van der Waals surface area contributed by atoms with Gasteiger partial charge in [0.15, 0.2) is 0 Å². The van der Waals surface area contributed by atoms with Crippen LogP contribution < -0.4 is 10.6 Å². The topological polar surface area (TPSA) is 79.5 Å². The van der Waals surface area contributed by atoms with Gasteiger partial charge in [-0.15, -0.1) is 0 Å². The summed E-state index contributed by atoms with van der Waals surface area (Å²) in [6, 6.07) is 5.16. The Hall–Kier alpha value is -2.01. The number of anilines is 2. The first-order chi connectivity index (χ1) is 8.49. The zero-order valence-electron chi connectivity index (χ0n) is 9.72. The number of rotatable bonds is 3. The molecule has 0 unspecified atom stereocenters. The molecular weight excluding hydrogens is 254 g/mol. The number of hydrogen-bond donors (Lipinski definition) is 2. The number of nitrogens with zero attached hydrogens (tertiary/aromatic N) is 2. The number of aromatic nitrogens is 1. The van der Waals surface area contributed by atoms with Gasteiger partial charge in [0, 0.05) is 34.7 Å². The maximum atomic E-state index is 10.7. The standard InChI is InChI=1S/C12H12ClN3O2/c1-16(6-11(17)18)12-9-4-7(13)5-10(14)8(9)2-3-15-12/h2-5H,6,14H2,1H3,(H,17,18). The quantitative estimate of drug-likeness (QED) is 0.830. The number of carboxylic acid groups (broad SMARTS) is 1. The van der Waals surface area contributed by atoms with Gasteiger partial charge in [0.25, 0.3) is 0 Å². The molecule has 2 aromatic rings. The number of carboxylic acids is 1. The number of likely N-dealkylation sites (N-methyl/N-ethyl adjacent to an activating group) is 1. The largest absolute Gasteiger partial charge is 0.480 e. The molecule has 3 N–H and O–H groups in total. The number of halogens is 1. The molecular formula is C12H12ClN3O2. The molecule has 0 aliphatic rings. The maximum Gasteiger partial charge on any atom is 0.323 e. The summed E-state index contributed by atoms with van der Waals surface area (Å²) in [4.78, 5) is 16.5. The Kier molecular flexibility index (Phi) is 3.25. The number of carbonyl (C=O) groups is 1. The Morgan fingerprint density at radius 2 is 2.22 bits per heavy atom. The van der Waals surface area contributed by atoms with Crippen LogP contribution in [0.2, 0.25) is 5.02 Å². The van der Waals surface area contributed by atoms with Crippen molar-refractivity contribution in [2.75, 3.05) is 24.2 Å². The summed E-state index contributed by atoms with van der Waals surface area (Å²) in [7, 11) is 1.66. The molecule has 0 amide bonds. The van der Waals surface area contributed by atoms with E-state index in [0.29, 0.717) is 16.5 Å². The molecule has 5 nitrogen and oxygen atoms in total. The lowest BCUT2D eigenvalue weighted by molar-refractivity contribution is -0.135. The van der Waals surface area contributed by atoms with E-state index >= 15 is 0 Å². The summed E-state index contributed by atoms with van der Waals surface area (Å²) in [6.45, 7) is -0.140. The van der Waals surface area contributed by atoms with Crippen molar-refractivity contribution in [3.63, 3.8) is 0 Å².